The molecule has 14 rings (SSSR count). The summed E-state index contributed by atoms with van der Waals surface area (Å²) in [6.45, 7) is 42.2. The largest absolute Gasteiger partial charge is 0.311 e. The second-order valence-corrected chi connectivity index (χ2v) is 31.7. The molecule has 0 radical (unpaired) electrons. The van der Waals surface area contributed by atoms with Gasteiger partial charge in [-0.2, -0.15) is 0 Å². The fourth-order valence-corrected chi connectivity index (χ4v) is 14.2. The van der Waals surface area contributed by atoms with Gasteiger partial charge in [-0.05, 0) is 195 Å². The number of hydrogen-bond acceptors (Lipinski definition) is 3. The van der Waals surface area contributed by atoms with Crippen LogP contribution in [0.2, 0.25) is 0 Å². The molecular formula is C82H85BN4. The molecule has 0 amide bonds. The third-order valence-corrected chi connectivity index (χ3v) is 19.4. The molecule has 0 N–H and O–H groups in total. The predicted molar refractivity (Wildman–Crippen MR) is 378 cm³/mol. The highest BCUT2D eigenvalue weighted by molar-refractivity contribution is 7.00. The van der Waals surface area contributed by atoms with Gasteiger partial charge in [-0.25, -0.2) is 0 Å². The molecule has 10 aromatic carbocycles. The van der Waals surface area contributed by atoms with Crippen LogP contribution in [-0.2, 0) is 32.5 Å². The van der Waals surface area contributed by atoms with Gasteiger partial charge in [-0.15, -0.1) is 0 Å². The van der Waals surface area contributed by atoms with Crippen LogP contribution in [0.25, 0.3) is 49.4 Å². The zero-order chi connectivity index (χ0) is 61.4. The average Bonchev–Trinajstić information content (AvgIpc) is 1.56. The van der Waals surface area contributed by atoms with Crippen molar-refractivity contribution < 1.29 is 0 Å². The molecule has 0 spiro atoms. The van der Waals surface area contributed by atoms with Gasteiger partial charge in [-0.3, -0.25) is 0 Å². The van der Waals surface area contributed by atoms with Crippen molar-refractivity contribution in [3.63, 3.8) is 0 Å². The molecule has 0 bridgehead atoms. The molecule has 0 saturated heterocycles. The summed E-state index contributed by atoms with van der Waals surface area (Å²) in [5.41, 5.74) is 28.3. The van der Waals surface area contributed by atoms with E-state index in [1.165, 1.54) is 128 Å². The monoisotopic (exact) mass is 1140 g/mol. The Morgan fingerprint density at radius 2 is 0.828 bits per heavy atom. The molecule has 436 valence electrons. The molecule has 0 atom stereocenters. The maximum atomic E-state index is 2.73. The first-order valence-corrected chi connectivity index (χ1v) is 31.8. The van der Waals surface area contributed by atoms with Crippen molar-refractivity contribution in [3.8, 4) is 16.8 Å². The van der Waals surface area contributed by atoms with Crippen LogP contribution in [0.3, 0.4) is 0 Å². The summed E-state index contributed by atoms with van der Waals surface area (Å²) in [7, 11) is 0. The third kappa shape index (κ3) is 9.15. The quantitative estimate of drug-likeness (QED) is 0.160. The summed E-state index contributed by atoms with van der Waals surface area (Å²) in [5, 5.41) is 5.13. The summed E-state index contributed by atoms with van der Waals surface area (Å²) in [4.78, 5) is 7.85. The van der Waals surface area contributed by atoms with Gasteiger partial charge >= 0.3 is 0 Å². The van der Waals surface area contributed by atoms with Crippen molar-refractivity contribution >= 4 is 107 Å². The van der Waals surface area contributed by atoms with Gasteiger partial charge in [0.1, 0.15) is 0 Å². The van der Waals surface area contributed by atoms with Crippen LogP contribution >= 0.6 is 0 Å². The van der Waals surface area contributed by atoms with Crippen molar-refractivity contribution in [2.75, 3.05) is 14.7 Å². The SMILES string of the molecule is CC(C)(C)c1ccc(N(c2ccc(C(C)(C)C)cc2)c2ccc3c(c2)N(c2ccc(-c4cccc5ccccc45)cc2)c2cc(C(C)(C)C)cc4c2B3c2cc(C(C)(C)C)cc3c2N4c2cc(C(C)(C)C)cc4c5cc(C(C)(C)C)ccc5n-3c24)cc1. The summed E-state index contributed by atoms with van der Waals surface area (Å²) < 4.78 is 2.66. The van der Waals surface area contributed by atoms with Gasteiger partial charge < -0.3 is 19.3 Å². The van der Waals surface area contributed by atoms with Gasteiger partial charge in [-0.1, -0.05) is 222 Å². The third-order valence-electron chi connectivity index (χ3n) is 19.4. The molecule has 0 saturated carbocycles. The van der Waals surface area contributed by atoms with Crippen molar-refractivity contribution in [1.29, 1.82) is 0 Å². The highest BCUT2D eigenvalue weighted by Crippen LogP contribution is 2.56. The number of anilines is 9. The van der Waals surface area contributed by atoms with Gasteiger partial charge in [0.2, 0.25) is 0 Å². The van der Waals surface area contributed by atoms with E-state index in [4.69, 9.17) is 0 Å². The van der Waals surface area contributed by atoms with Crippen LogP contribution in [0.5, 0.6) is 0 Å². The number of rotatable bonds is 5. The highest BCUT2D eigenvalue weighted by atomic mass is 15.2. The zero-order valence-corrected chi connectivity index (χ0v) is 54.8. The van der Waals surface area contributed by atoms with Crippen LogP contribution in [0.1, 0.15) is 158 Å². The molecule has 4 nitrogen and oxygen atoms in total. The second kappa shape index (κ2) is 19.1. The fraction of sp³-hybridized carbons (Fsp3) is 0.293. The van der Waals surface area contributed by atoms with Gasteiger partial charge in [0, 0.05) is 50.6 Å². The lowest BCUT2D eigenvalue weighted by Crippen LogP contribution is -2.62. The summed E-state index contributed by atoms with van der Waals surface area (Å²) >= 11 is 0. The van der Waals surface area contributed by atoms with Gasteiger partial charge in [0.15, 0.2) is 0 Å². The summed E-state index contributed by atoms with van der Waals surface area (Å²) in [5.74, 6) is 0. The Labute approximate surface area is 518 Å². The first-order valence-electron chi connectivity index (χ1n) is 31.8. The molecule has 3 aliphatic rings. The normalized spacial score (nSPS) is 14.0. The molecule has 0 fully saturated rings. The van der Waals surface area contributed by atoms with E-state index in [2.05, 4.69) is 332 Å². The highest BCUT2D eigenvalue weighted by Gasteiger charge is 2.48. The maximum Gasteiger partial charge on any atom is 0.252 e. The van der Waals surface area contributed by atoms with E-state index in [0.29, 0.717) is 0 Å². The second-order valence-electron chi connectivity index (χ2n) is 31.7. The van der Waals surface area contributed by atoms with Crippen LogP contribution in [-0.4, -0.2) is 11.3 Å². The Bertz CT molecular complexity index is 4550. The van der Waals surface area contributed by atoms with Crippen molar-refractivity contribution in [2.24, 2.45) is 0 Å². The van der Waals surface area contributed by atoms with Crippen molar-refractivity contribution in [2.45, 2.75) is 157 Å². The topological polar surface area (TPSA) is 14.7 Å². The maximum absolute atomic E-state index is 2.73. The number of hydrogen-bond donors (Lipinski definition) is 0. The molecule has 11 aromatic rings. The minimum Gasteiger partial charge on any atom is -0.311 e. The van der Waals surface area contributed by atoms with Gasteiger partial charge in [0.05, 0.1) is 28.1 Å². The Hall–Kier alpha value is -8.28. The molecular weight excluding hydrogens is 1050 g/mol. The zero-order valence-electron chi connectivity index (χ0n) is 54.8. The van der Waals surface area contributed by atoms with E-state index in [9.17, 15) is 0 Å². The summed E-state index contributed by atoms with van der Waals surface area (Å²) in [6, 6.07) is 73.7. The lowest BCUT2D eigenvalue weighted by Gasteiger charge is -2.47. The van der Waals surface area contributed by atoms with Gasteiger partial charge in [0.25, 0.3) is 6.71 Å². The van der Waals surface area contributed by atoms with E-state index in [-0.39, 0.29) is 39.2 Å². The standard InChI is InChI=1S/C82H85BN4/c1-77(2,3)52-28-35-58(36-29-52)84(59-37-30-53(31-38-59)78(4,5)6)61-39-40-66-69(49-61)85(60-33-26-51(27-34-60)63-25-21-23-50-22-19-20-24-62(50)63)70-45-57(82(16,17)18)46-71-74(70)83(66)67-44-56(81(13,14)15)48-73-76(67)87(71)72-47-55(80(10,11)12)43-65-64-42-54(79(7,8)9)32-41-68(64)86(73)75(65)72/h19-49H,1-18H3. The van der Waals surface area contributed by atoms with Crippen LogP contribution < -0.4 is 31.1 Å². The molecule has 5 heteroatoms. The number of nitrogens with zero attached hydrogens (tertiary/aromatic N) is 4. The predicted octanol–water partition coefficient (Wildman–Crippen LogP) is 21.3. The Balaban J connectivity index is 1.10. The number of benzene rings is 10. The minimum atomic E-state index is -0.196. The molecule has 0 aliphatic carbocycles. The Morgan fingerprint density at radius 1 is 0.333 bits per heavy atom. The van der Waals surface area contributed by atoms with Crippen molar-refractivity contribution in [3.05, 3.63) is 221 Å². The average molecular weight is 1140 g/mol. The first-order chi connectivity index (χ1) is 40.9. The van der Waals surface area contributed by atoms with E-state index in [0.717, 1.165) is 22.7 Å². The van der Waals surface area contributed by atoms with Crippen LogP contribution in [0, 0.1) is 0 Å². The fourth-order valence-electron chi connectivity index (χ4n) is 14.2. The van der Waals surface area contributed by atoms with Crippen molar-refractivity contribution in [1.82, 2.24) is 4.57 Å². The summed E-state index contributed by atoms with van der Waals surface area (Å²) in [6.07, 6.45) is 0. The van der Waals surface area contributed by atoms with E-state index >= 15 is 0 Å². The molecule has 87 heavy (non-hydrogen) atoms. The van der Waals surface area contributed by atoms with E-state index in [1.54, 1.807) is 0 Å². The van der Waals surface area contributed by atoms with E-state index in [1.807, 2.05) is 0 Å². The Morgan fingerprint density at radius 3 is 1.43 bits per heavy atom. The Kier molecular flexibility index (Phi) is 12.4. The molecule has 4 heterocycles. The lowest BCUT2D eigenvalue weighted by molar-refractivity contribution is 0.589. The van der Waals surface area contributed by atoms with E-state index < -0.39 is 0 Å². The number of fused-ring (bicyclic) bond motifs is 10. The minimum absolute atomic E-state index is 0.0115. The van der Waals surface area contributed by atoms with Crippen LogP contribution in [0.15, 0.2) is 188 Å². The number of aromatic nitrogens is 1. The molecule has 0 unspecified atom stereocenters. The first kappa shape index (κ1) is 56.5. The molecule has 3 aliphatic heterocycles. The smallest absolute Gasteiger partial charge is 0.252 e. The van der Waals surface area contributed by atoms with Crippen LogP contribution in [0.4, 0.5) is 51.2 Å². The lowest BCUT2D eigenvalue weighted by atomic mass is 9.33. The molecule has 1 aromatic heterocycles.